The molecule has 2 aromatic rings. The number of aryl methyl sites for hydroxylation is 1. The molecule has 0 saturated heterocycles. The van der Waals surface area contributed by atoms with Gasteiger partial charge in [0.05, 0.1) is 11.0 Å². The number of aromatic nitrogens is 2. The molecule has 3 atom stereocenters. The molecule has 0 radical (unpaired) electrons. The number of fused-ring (bicyclic) bond motifs is 1. The summed E-state index contributed by atoms with van der Waals surface area (Å²) >= 11 is 1.90. The zero-order chi connectivity index (χ0) is 14.8. The Morgan fingerprint density at radius 3 is 3.00 bits per heavy atom. The number of hydrogen-bond acceptors (Lipinski definition) is 3. The van der Waals surface area contributed by atoms with E-state index in [1.54, 1.807) is 0 Å². The lowest BCUT2D eigenvalue weighted by molar-refractivity contribution is 0.283. The third kappa shape index (κ3) is 3.27. The van der Waals surface area contributed by atoms with Crippen molar-refractivity contribution in [3.63, 3.8) is 0 Å². The largest absolute Gasteiger partial charge is 0.333 e. The average Bonchev–Trinajstić information content (AvgIpc) is 2.88. The molecule has 21 heavy (non-hydrogen) atoms. The molecular weight excluding hydrogens is 278 g/mol. The molecule has 114 valence electrons. The Labute approximate surface area is 131 Å². The summed E-state index contributed by atoms with van der Waals surface area (Å²) in [4.78, 5) is 8.21. The summed E-state index contributed by atoms with van der Waals surface area (Å²) in [6.07, 6.45) is 5.17. The van der Waals surface area contributed by atoms with Gasteiger partial charge in [-0.3, -0.25) is 0 Å². The van der Waals surface area contributed by atoms with Gasteiger partial charge in [0.25, 0.3) is 0 Å². The smallest absolute Gasteiger partial charge is 0.166 e. The van der Waals surface area contributed by atoms with Gasteiger partial charge in [-0.15, -0.1) is 0 Å². The number of H-pyrrole nitrogens is 1. The van der Waals surface area contributed by atoms with Gasteiger partial charge >= 0.3 is 0 Å². The van der Waals surface area contributed by atoms with Crippen LogP contribution in [0.5, 0.6) is 0 Å². The maximum atomic E-state index is 5.99. The van der Waals surface area contributed by atoms with Crippen molar-refractivity contribution in [1.29, 1.82) is 0 Å². The molecule has 0 amide bonds. The van der Waals surface area contributed by atoms with E-state index in [2.05, 4.69) is 37.0 Å². The molecular formula is C17H25N3S. The van der Waals surface area contributed by atoms with Crippen molar-refractivity contribution in [3.05, 3.63) is 23.8 Å². The van der Waals surface area contributed by atoms with E-state index in [1.807, 2.05) is 11.8 Å². The van der Waals surface area contributed by atoms with Crippen LogP contribution >= 0.6 is 11.8 Å². The fourth-order valence-electron chi connectivity index (χ4n) is 3.36. The first-order chi connectivity index (χ1) is 10.2. The predicted molar refractivity (Wildman–Crippen MR) is 90.7 cm³/mol. The van der Waals surface area contributed by atoms with E-state index in [0.717, 1.165) is 28.7 Å². The van der Waals surface area contributed by atoms with Gasteiger partial charge in [-0.25, -0.2) is 4.98 Å². The van der Waals surface area contributed by atoms with Gasteiger partial charge in [0.15, 0.2) is 5.16 Å². The lowest BCUT2D eigenvalue weighted by atomic mass is 9.80. The van der Waals surface area contributed by atoms with Crippen LogP contribution in [-0.4, -0.2) is 21.8 Å². The Hall–Kier alpha value is -1.00. The van der Waals surface area contributed by atoms with Crippen LogP contribution in [-0.2, 0) is 0 Å². The number of aromatic amines is 1. The fourth-order valence-corrected chi connectivity index (χ4v) is 4.77. The van der Waals surface area contributed by atoms with Crippen LogP contribution in [0.15, 0.2) is 23.4 Å². The van der Waals surface area contributed by atoms with Gasteiger partial charge in [-0.1, -0.05) is 37.6 Å². The summed E-state index contributed by atoms with van der Waals surface area (Å²) < 4.78 is 0. The second kappa shape index (κ2) is 6.41. The van der Waals surface area contributed by atoms with Crippen LogP contribution in [0.3, 0.4) is 0 Å². The molecule has 4 heteroatoms. The lowest BCUT2D eigenvalue weighted by Gasteiger charge is -2.34. The second-order valence-electron chi connectivity index (χ2n) is 6.30. The number of thioether (sulfide) groups is 1. The third-order valence-corrected chi connectivity index (χ3v) is 6.09. The summed E-state index contributed by atoms with van der Waals surface area (Å²) in [5, 5.41) is 1.66. The summed E-state index contributed by atoms with van der Waals surface area (Å²) in [5.41, 5.74) is 9.46. The van der Waals surface area contributed by atoms with Crippen LogP contribution < -0.4 is 5.73 Å². The monoisotopic (exact) mass is 303 g/mol. The molecule has 1 aliphatic carbocycles. The fraction of sp³-hybridized carbons (Fsp3) is 0.588. The quantitative estimate of drug-likeness (QED) is 0.893. The van der Waals surface area contributed by atoms with Gasteiger partial charge in [-0.05, 0) is 55.8 Å². The number of benzene rings is 1. The Bertz CT molecular complexity index is 607. The maximum absolute atomic E-state index is 5.99. The minimum absolute atomic E-state index is 0.607. The number of rotatable bonds is 4. The van der Waals surface area contributed by atoms with Crippen LogP contribution in [0.1, 0.15) is 38.2 Å². The molecule has 0 spiro atoms. The zero-order valence-corrected chi connectivity index (χ0v) is 13.7. The zero-order valence-electron chi connectivity index (χ0n) is 12.9. The van der Waals surface area contributed by atoms with Gasteiger partial charge in [-0.2, -0.15) is 0 Å². The number of imidazole rings is 1. The lowest BCUT2D eigenvalue weighted by Crippen LogP contribution is -2.32. The number of nitrogens with one attached hydrogen (secondary N) is 1. The van der Waals surface area contributed by atoms with E-state index in [4.69, 9.17) is 10.7 Å². The first-order valence-corrected chi connectivity index (χ1v) is 8.90. The molecule has 3 rings (SSSR count). The molecule has 1 aromatic heterocycles. The molecule has 1 fully saturated rings. The van der Waals surface area contributed by atoms with Crippen LogP contribution in [0.2, 0.25) is 0 Å². The van der Waals surface area contributed by atoms with Gasteiger partial charge in [0.2, 0.25) is 0 Å². The topological polar surface area (TPSA) is 54.7 Å². The minimum Gasteiger partial charge on any atom is -0.333 e. The van der Waals surface area contributed by atoms with E-state index in [9.17, 15) is 0 Å². The van der Waals surface area contributed by atoms with Crippen molar-refractivity contribution in [2.45, 2.75) is 49.9 Å². The first-order valence-electron chi connectivity index (χ1n) is 8.02. The molecule has 0 bridgehead atoms. The van der Waals surface area contributed by atoms with Gasteiger partial charge in [0.1, 0.15) is 0 Å². The van der Waals surface area contributed by atoms with Crippen molar-refractivity contribution in [2.24, 2.45) is 17.6 Å². The van der Waals surface area contributed by atoms with Crippen molar-refractivity contribution in [2.75, 3.05) is 6.54 Å². The summed E-state index contributed by atoms with van der Waals surface area (Å²) in [5.74, 6) is 1.49. The van der Waals surface area contributed by atoms with E-state index < -0.39 is 0 Å². The van der Waals surface area contributed by atoms with Crippen molar-refractivity contribution in [1.82, 2.24) is 9.97 Å². The number of hydrogen-bond donors (Lipinski definition) is 2. The molecule has 3 N–H and O–H groups in total. The minimum atomic E-state index is 0.607. The molecule has 0 aliphatic heterocycles. The highest BCUT2D eigenvalue weighted by molar-refractivity contribution is 7.99. The second-order valence-corrected chi connectivity index (χ2v) is 7.53. The Kier molecular flexibility index (Phi) is 4.55. The molecule has 3 nitrogen and oxygen atoms in total. The molecule has 3 unspecified atom stereocenters. The summed E-state index contributed by atoms with van der Waals surface area (Å²) in [6, 6.07) is 6.39. The number of nitrogens with zero attached hydrogens (tertiary/aromatic N) is 1. The highest BCUT2D eigenvalue weighted by Gasteiger charge is 2.30. The van der Waals surface area contributed by atoms with E-state index in [-0.39, 0.29) is 0 Å². The van der Waals surface area contributed by atoms with Crippen LogP contribution in [0.25, 0.3) is 11.0 Å². The van der Waals surface area contributed by atoms with E-state index >= 15 is 0 Å². The normalized spacial score (nSPS) is 26.3. The highest BCUT2D eigenvalue weighted by atomic mass is 32.2. The van der Waals surface area contributed by atoms with Crippen molar-refractivity contribution < 1.29 is 0 Å². The summed E-state index contributed by atoms with van der Waals surface area (Å²) in [7, 11) is 0. The van der Waals surface area contributed by atoms with Crippen molar-refractivity contribution in [3.8, 4) is 0 Å². The van der Waals surface area contributed by atoms with Crippen molar-refractivity contribution >= 4 is 22.8 Å². The Balaban J connectivity index is 1.78. The van der Waals surface area contributed by atoms with E-state index in [1.165, 1.54) is 31.2 Å². The van der Waals surface area contributed by atoms with Gasteiger partial charge in [0, 0.05) is 5.25 Å². The maximum Gasteiger partial charge on any atom is 0.166 e. The molecule has 1 aromatic carbocycles. The van der Waals surface area contributed by atoms with Crippen LogP contribution in [0.4, 0.5) is 0 Å². The highest BCUT2D eigenvalue weighted by Crippen LogP contribution is 2.40. The van der Waals surface area contributed by atoms with Gasteiger partial charge < -0.3 is 10.7 Å². The number of nitrogens with two attached hydrogens (primary N) is 1. The average molecular weight is 303 g/mol. The molecule has 1 saturated carbocycles. The Morgan fingerprint density at radius 2 is 2.24 bits per heavy atom. The third-order valence-electron chi connectivity index (χ3n) is 4.80. The predicted octanol–water partition coefficient (Wildman–Crippen LogP) is 4.12. The standard InChI is InChI=1S/C17H25N3S/c1-3-12-5-6-13(10-18)16(9-12)21-17-19-14-7-4-11(2)8-15(14)20-17/h4,7-8,12-13,16H,3,5-6,9-10,18H2,1-2H3,(H,19,20). The first kappa shape index (κ1) is 14.9. The van der Waals surface area contributed by atoms with E-state index in [0.29, 0.717) is 11.2 Å². The van der Waals surface area contributed by atoms with Crippen LogP contribution in [0, 0.1) is 18.8 Å². The SMILES string of the molecule is CCC1CCC(CN)C(Sc2nc3ccc(C)cc3[nH]2)C1. The summed E-state index contributed by atoms with van der Waals surface area (Å²) in [6.45, 7) is 5.22. The molecule has 1 aliphatic rings. The molecule has 1 heterocycles. The Morgan fingerprint density at radius 1 is 1.38 bits per heavy atom.